The summed E-state index contributed by atoms with van der Waals surface area (Å²) < 4.78 is 26.5. The van der Waals surface area contributed by atoms with E-state index in [0.717, 1.165) is 6.07 Å². The molecular formula is C9H8F2N6O2. The van der Waals surface area contributed by atoms with Gasteiger partial charge in [-0.2, -0.15) is 9.60 Å². The lowest BCUT2D eigenvalue weighted by molar-refractivity contribution is -0.387. The first kappa shape index (κ1) is 13.0. The zero-order valence-electron chi connectivity index (χ0n) is 9.43. The number of nitro benzene ring substituents is 1. The number of nitrogens with one attached hydrogen (secondary N) is 2. The minimum atomic E-state index is -1.20. The van der Waals surface area contributed by atoms with Gasteiger partial charge in [-0.3, -0.25) is 10.1 Å². The molecule has 1 heterocycles. The summed E-state index contributed by atoms with van der Waals surface area (Å²) in [5.41, 5.74) is -0.783. The Morgan fingerprint density at radius 3 is 2.74 bits per heavy atom. The van der Waals surface area contributed by atoms with Gasteiger partial charge in [-0.15, -0.1) is 10.2 Å². The number of tetrazole rings is 1. The van der Waals surface area contributed by atoms with Crippen molar-refractivity contribution in [3.05, 3.63) is 45.3 Å². The normalized spacial score (nSPS) is 10.6. The third-order valence-electron chi connectivity index (χ3n) is 2.30. The van der Waals surface area contributed by atoms with Crippen LogP contribution in [0.2, 0.25) is 0 Å². The van der Waals surface area contributed by atoms with Crippen molar-refractivity contribution in [2.45, 2.75) is 13.1 Å². The van der Waals surface area contributed by atoms with Gasteiger partial charge in [0.15, 0.2) is 5.82 Å². The summed E-state index contributed by atoms with van der Waals surface area (Å²) >= 11 is 0. The number of nitrogens with zero attached hydrogens (tertiary/aromatic N) is 4. The molecule has 1 aromatic heterocycles. The van der Waals surface area contributed by atoms with Gasteiger partial charge in [0.05, 0.1) is 11.5 Å². The SMILES string of the molecule is O=[N+]([O-])c1cc(CNCc2nn[nH]n2)c(F)cc1F. The van der Waals surface area contributed by atoms with Gasteiger partial charge in [0, 0.05) is 24.2 Å². The molecule has 2 aromatic rings. The second-order valence-corrected chi connectivity index (χ2v) is 3.58. The van der Waals surface area contributed by atoms with Gasteiger partial charge in [-0.25, -0.2) is 4.39 Å². The molecule has 0 fully saturated rings. The van der Waals surface area contributed by atoms with Crippen molar-refractivity contribution >= 4 is 5.69 Å². The number of rotatable bonds is 5. The molecule has 0 aliphatic rings. The van der Waals surface area contributed by atoms with E-state index in [2.05, 4.69) is 25.9 Å². The highest BCUT2D eigenvalue weighted by Crippen LogP contribution is 2.21. The van der Waals surface area contributed by atoms with Crippen LogP contribution < -0.4 is 5.32 Å². The first-order valence-electron chi connectivity index (χ1n) is 5.13. The number of H-pyrrole nitrogens is 1. The number of hydrogen-bond acceptors (Lipinski definition) is 6. The molecule has 1 aromatic carbocycles. The quantitative estimate of drug-likeness (QED) is 0.610. The third kappa shape index (κ3) is 3.04. The van der Waals surface area contributed by atoms with Crippen molar-refractivity contribution in [1.82, 2.24) is 25.9 Å². The molecule has 8 nitrogen and oxygen atoms in total. The van der Waals surface area contributed by atoms with E-state index in [1.54, 1.807) is 0 Å². The van der Waals surface area contributed by atoms with E-state index in [0.29, 0.717) is 11.9 Å². The van der Waals surface area contributed by atoms with E-state index in [-0.39, 0.29) is 18.7 Å². The van der Waals surface area contributed by atoms with Gasteiger partial charge in [0.1, 0.15) is 5.82 Å². The van der Waals surface area contributed by atoms with E-state index >= 15 is 0 Å². The zero-order chi connectivity index (χ0) is 13.8. The molecule has 0 unspecified atom stereocenters. The Morgan fingerprint density at radius 1 is 1.32 bits per heavy atom. The third-order valence-corrected chi connectivity index (χ3v) is 2.30. The van der Waals surface area contributed by atoms with Crippen LogP contribution in [0, 0.1) is 21.7 Å². The van der Waals surface area contributed by atoms with Gasteiger partial charge in [0.25, 0.3) is 0 Å². The van der Waals surface area contributed by atoms with Gasteiger partial charge in [-0.1, -0.05) is 5.21 Å². The predicted octanol–water partition coefficient (Wildman–Crippen LogP) is 0.676. The van der Waals surface area contributed by atoms with Crippen LogP contribution in [0.3, 0.4) is 0 Å². The van der Waals surface area contributed by atoms with Crippen molar-refractivity contribution in [2.75, 3.05) is 0 Å². The second kappa shape index (κ2) is 5.44. The van der Waals surface area contributed by atoms with Crippen LogP contribution in [-0.2, 0) is 13.1 Å². The van der Waals surface area contributed by atoms with Gasteiger partial charge < -0.3 is 5.32 Å². The second-order valence-electron chi connectivity index (χ2n) is 3.58. The molecule has 2 N–H and O–H groups in total. The molecule has 0 bridgehead atoms. The van der Waals surface area contributed by atoms with Crippen molar-refractivity contribution < 1.29 is 13.7 Å². The Bertz CT molecular complexity index is 589. The largest absolute Gasteiger partial charge is 0.305 e. The Balaban J connectivity index is 2.07. The molecule has 19 heavy (non-hydrogen) atoms. The van der Waals surface area contributed by atoms with Crippen LogP contribution in [0.5, 0.6) is 0 Å². The Labute approximate surface area is 105 Å². The molecule has 10 heteroatoms. The monoisotopic (exact) mass is 270 g/mol. The first-order chi connectivity index (χ1) is 9.08. The molecule has 2 rings (SSSR count). The van der Waals surface area contributed by atoms with Gasteiger partial charge >= 0.3 is 5.69 Å². The zero-order valence-corrected chi connectivity index (χ0v) is 9.43. The van der Waals surface area contributed by atoms with Crippen molar-refractivity contribution in [3.8, 4) is 0 Å². The van der Waals surface area contributed by atoms with Crippen molar-refractivity contribution in [2.24, 2.45) is 0 Å². The molecule has 0 atom stereocenters. The van der Waals surface area contributed by atoms with Crippen LogP contribution in [0.1, 0.15) is 11.4 Å². The summed E-state index contributed by atoms with van der Waals surface area (Å²) in [5.74, 6) is -1.70. The van der Waals surface area contributed by atoms with Crippen molar-refractivity contribution in [3.63, 3.8) is 0 Å². The van der Waals surface area contributed by atoms with Crippen LogP contribution in [-0.4, -0.2) is 25.5 Å². The molecule has 0 radical (unpaired) electrons. The highest BCUT2D eigenvalue weighted by Gasteiger charge is 2.18. The number of halogens is 2. The maximum Gasteiger partial charge on any atom is 0.305 e. The van der Waals surface area contributed by atoms with E-state index in [9.17, 15) is 18.9 Å². The molecule has 0 spiro atoms. The van der Waals surface area contributed by atoms with Crippen LogP contribution >= 0.6 is 0 Å². The van der Waals surface area contributed by atoms with Gasteiger partial charge in [-0.05, 0) is 0 Å². The molecule has 100 valence electrons. The minimum Gasteiger partial charge on any atom is -0.305 e. The fourth-order valence-corrected chi connectivity index (χ4v) is 1.42. The lowest BCUT2D eigenvalue weighted by atomic mass is 10.2. The Hall–Kier alpha value is -2.49. The van der Waals surface area contributed by atoms with Crippen LogP contribution in [0.15, 0.2) is 12.1 Å². The highest BCUT2D eigenvalue weighted by atomic mass is 19.1. The molecule has 0 saturated heterocycles. The lowest BCUT2D eigenvalue weighted by Gasteiger charge is -2.04. The lowest BCUT2D eigenvalue weighted by Crippen LogP contribution is -2.15. The van der Waals surface area contributed by atoms with E-state index in [4.69, 9.17) is 0 Å². The number of hydrogen-bond donors (Lipinski definition) is 2. The maximum atomic E-state index is 13.4. The fraction of sp³-hybridized carbons (Fsp3) is 0.222. The summed E-state index contributed by atoms with van der Waals surface area (Å²) in [5, 5.41) is 26.2. The standard InChI is InChI=1S/C9H8F2N6O2/c10-6-2-7(11)8(17(18)19)1-5(6)3-12-4-9-13-15-16-14-9/h1-2,12H,3-4H2,(H,13,14,15,16). The molecular weight excluding hydrogens is 262 g/mol. The summed E-state index contributed by atoms with van der Waals surface area (Å²) in [6.07, 6.45) is 0. The van der Waals surface area contributed by atoms with E-state index in [1.165, 1.54) is 0 Å². The van der Waals surface area contributed by atoms with E-state index in [1.807, 2.05) is 0 Å². The Kier molecular flexibility index (Phi) is 3.71. The molecule has 0 saturated carbocycles. The van der Waals surface area contributed by atoms with Crippen LogP contribution in [0.4, 0.5) is 14.5 Å². The highest BCUT2D eigenvalue weighted by molar-refractivity contribution is 5.37. The van der Waals surface area contributed by atoms with Crippen molar-refractivity contribution in [1.29, 1.82) is 0 Å². The number of benzene rings is 1. The average molecular weight is 270 g/mol. The number of aromatic amines is 1. The fourth-order valence-electron chi connectivity index (χ4n) is 1.42. The molecule has 0 aliphatic carbocycles. The van der Waals surface area contributed by atoms with Crippen LogP contribution in [0.25, 0.3) is 0 Å². The Morgan fingerprint density at radius 2 is 2.11 bits per heavy atom. The molecule has 0 amide bonds. The number of nitro groups is 1. The predicted molar refractivity (Wildman–Crippen MR) is 57.7 cm³/mol. The van der Waals surface area contributed by atoms with Gasteiger partial charge in [0.2, 0.25) is 5.82 Å². The summed E-state index contributed by atoms with van der Waals surface area (Å²) in [7, 11) is 0. The summed E-state index contributed by atoms with van der Waals surface area (Å²) in [6, 6.07) is 1.34. The smallest absolute Gasteiger partial charge is 0.305 e. The molecule has 0 aliphatic heterocycles. The van der Waals surface area contributed by atoms with E-state index < -0.39 is 22.2 Å². The summed E-state index contributed by atoms with van der Waals surface area (Å²) in [4.78, 5) is 9.63. The summed E-state index contributed by atoms with van der Waals surface area (Å²) in [6.45, 7) is 0.169. The average Bonchev–Trinajstić information content (AvgIpc) is 2.84. The number of aromatic nitrogens is 4. The topological polar surface area (TPSA) is 110 Å². The maximum absolute atomic E-state index is 13.4. The minimum absolute atomic E-state index is 0.0170. The first-order valence-corrected chi connectivity index (χ1v) is 5.13.